The summed E-state index contributed by atoms with van der Waals surface area (Å²) in [6.45, 7) is 10.3. The highest BCUT2D eigenvalue weighted by atomic mass is 16.5. The smallest absolute Gasteiger partial charge is 0.242 e. The highest BCUT2D eigenvalue weighted by Gasteiger charge is 2.20. The van der Waals surface area contributed by atoms with E-state index in [1.807, 2.05) is 19.2 Å². The van der Waals surface area contributed by atoms with Crippen molar-refractivity contribution in [3.05, 3.63) is 30.5 Å². The summed E-state index contributed by atoms with van der Waals surface area (Å²) in [7, 11) is 0. The summed E-state index contributed by atoms with van der Waals surface area (Å²) in [5.41, 5.74) is 0.957. The van der Waals surface area contributed by atoms with Crippen LogP contribution in [0.4, 0.5) is 5.82 Å². The molecule has 2 aromatic heterocycles. The fraction of sp³-hybridized carbons (Fsp3) is 0.636. The number of nitrogens with one attached hydrogen (secondary N) is 2. The molecule has 0 aliphatic carbocycles. The molecule has 0 saturated carbocycles. The number of anilines is 1. The van der Waals surface area contributed by atoms with Crippen LogP contribution in [0.15, 0.2) is 24.8 Å². The van der Waals surface area contributed by atoms with E-state index in [0.717, 1.165) is 31.4 Å². The number of aromatic nitrogens is 4. The molecule has 1 atom stereocenters. The lowest BCUT2D eigenvalue weighted by atomic mass is 10.0. The molecule has 1 unspecified atom stereocenters. The van der Waals surface area contributed by atoms with Gasteiger partial charge in [0.2, 0.25) is 11.9 Å². The molecule has 8 heteroatoms. The molecule has 166 valence electrons. The average Bonchev–Trinajstić information content (AvgIpc) is 3.26. The second kappa shape index (κ2) is 13.0. The Kier molecular flexibility index (Phi) is 10.3. The lowest BCUT2D eigenvalue weighted by Crippen LogP contribution is -2.41. The minimum atomic E-state index is -0.360. The number of hydrogen-bond acceptors (Lipinski definition) is 6. The molecule has 0 aliphatic rings. The standard InChI is InChI=1S/C22H36N6O2/c1-5-7-9-18-15-20(27-22(25-18)28-12-11-23-16-28)26-19(14-17(3)4)21(29)24-10-8-13-30-6-2/h11-12,15-17,19H,5-10,13-14H2,1-4H3,(H,24,29)(H,25,26,27). The number of aryl methyl sites for hydroxylation is 1. The summed E-state index contributed by atoms with van der Waals surface area (Å²) in [6, 6.07) is 1.59. The molecule has 0 spiro atoms. The van der Waals surface area contributed by atoms with Crippen molar-refractivity contribution in [1.82, 2.24) is 24.8 Å². The first kappa shape index (κ1) is 23.8. The van der Waals surface area contributed by atoms with Gasteiger partial charge in [0.1, 0.15) is 18.2 Å². The fourth-order valence-corrected chi connectivity index (χ4v) is 3.07. The molecular weight excluding hydrogens is 380 g/mol. The summed E-state index contributed by atoms with van der Waals surface area (Å²) in [4.78, 5) is 26.2. The van der Waals surface area contributed by atoms with Gasteiger partial charge in [0, 0.05) is 43.9 Å². The predicted octanol–water partition coefficient (Wildman–Crippen LogP) is 3.37. The Morgan fingerprint density at radius 1 is 1.23 bits per heavy atom. The van der Waals surface area contributed by atoms with Crippen molar-refractivity contribution in [1.29, 1.82) is 0 Å². The summed E-state index contributed by atoms with van der Waals surface area (Å²) in [6.07, 6.45) is 9.72. The number of ether oxygens (including phenoxy) is 1. The molecule has 0 fully saturated rings. The third-order valence-electron chi connectivity index (χ3n) is 4.60. The Morgan fingerprint density at radius 2 is 2.07 bits per heavy atom. The van der Waals surface area contributed by atoms with Gasteiger partial charge >= 0.3 is 0 Å². The molecule has 0 aliphatic heterocycles. The van der Waals surface area contributed by atoms with Gasteiger partial charge in [0.25, 0.3) is 0 Å². The van der Waals surface area contributed by atoms with Crippen LogP contribution in [0.2, 0.25) is 0 Å². The van der Waals surface area contributed by atoms with E-state index >= 15 is 0 Å². The number of nitrogens with zero attached hydrogens (tertiary/aromatic N) is 4. The maximum absolute atomic E-state index is 12.8. The first-order valence-electron chi connectivity index (χ1n) is 11.0. The minimum absolute atomic E-state index is 0.0156. The van der Waals surface area contributed by atoms with Crippen LogP contribution in [-0.2, 0) is 16.0 Å². The highest BCUT2D eigenvalue weighted by Crippen LogP contribution is 2.16. The van der Waals surface area contributed by atoms with Crippen molar-refractivity contribution in [3.8, 4) is 5.95 Å². The second-order valence-electron chi connectivity index (χ2n) is 7.79. The summed E-state index contributed by atoms with van der Waals surface area (Å²) in [5.74, 6) is 1.57. The van der Waals surface area contributed by atoms with E-state index in [4.69, 9.17) is 4.74 Å². The van der Waals surface area contributed by atoms with Gasteiger partial charge in [-0.15, -0.1) is 0 Å². The molecule has 0 radical (unpaired) electrons. The van der Waals surface area contributed by atoms with Crippen molar-refractivity contribution in [2.24, 2.45) is 5.92 Å². The summed E-state index contributed by atoms with van der Waals surface area (Å²) in [5, 5.41) is 6.37. The van der Waals surface area contributed by atoms with E-state index in [9.17, 15) is 4.79 Å². The van der Waals surface area contributed by atoms with Crippen molar-refractivity contribution in [2.45, 2.75) is 65.8 Å². The molecule has 2 heterocycles. The minimum Gasteiger partial charge on any atom is -0.382 e. The maximum atomic E-state index is 12.8. The Hall–Kier alpha value is -2.48. The number of amides is 1. The van der Waals surface area contributed by atoms with E-state index in [0.29, 0.717) is 43.9 Å². The molecule has 30 heavy (non-hydrogen) atoms. The van der Waals surface area contributed by atoms with E-state index < -0.39 is 0 Å². The molecule has 0 saturated heterocycles. The zero-order valence-electron chi connectivity index (χ0n) is 18.7. The van der Waals surface area contributed by atoms with Crippen molar-refractivity contribution in [3.63, 3.8) is 0 Å². The average molecular weight is 417 g/mol. The maximum Gasteiger partial charge on any atom is 0.242 e. The van der Waals surface area contributed by atoms with Crippen LogP contribution in [0.25, 0.3) is 5.95 Å². The van der Waals surface area contributed by atoms with Crippen LogP contribution in [0.5, 0.6) is 0 Å². The Bertz CT molecular complexity index is 748. The zero-order chi connectivity index (χ0) is 21.8. The molecular formula is C22H36N6O2. The lowest BCUT2D eigenvalue weighted by molar-refractivity contribution is -0.122. The second-order valence-corrected chi connectivity index (χ2v) is 7.79. The third-order valence-corrected chi connectivity index (χ3v) is 4.60. The number of carbonyl (C=O) groups is 1. The number of imidazole rings is 1. The van der Waals surface area contributed by atoms with Crippen LogP contribution in [0, 0.1) is 5.92 Å². The molecule has 1 amide bonds. The van der Waals surface area contributed by atoms with Gasteiger partial charge in [-0.25, -0.2) is 9.97 Å². The van der Waals surface area contributed by atoms with E-state index in [1.54, 1.807) is 17.1 Å². The summed E-state index contributed by atoms with van der Waals surface area (Å²) < 4.78 is 7.12. The normalized spacial score (nSPS) is 12.2. The van der Waals surface area contributed by atoms with Gasteiger partial charge in [-0.2, -0.15) is 4.98 Å². The quantitative estimate of drug-likeness (QED) is 0.459. The number of carbonyl (C=O) groups excluding carboxylic acids is 1. The van der Waals surface area contributed by atoms with Gasteiger partial charge in [-0.1, -0.05) is 27.2 Å². The van der Waals surface area contributed by atoms with Crippen LogP contribution in [-0.4, -0.2) is 51.2 Å². The zero-order valence-corrected chi connectivity index (χ0v) is 18.7. The third kappa shape index (κ3) is 8.10. The molecule has 2 aromatic rings. The molecule has 0 aromatic carbocycles. The van der Waals surface area contributed by atoms with Crippen LogP contribution in [0.1, 0.15) is 59.1 Å². The van der Waals surface area contributed by atoms with Crippen molar-refractivity contribution in [2.75, 3.05) is 25.1 Å². The van der Waals surface area contributed by atoms with Crippen LogP contribution < -0.4 is 10.6 Å². The highest BCUT2D eigenvalue weighted by molar-refractivity contribution is 5.84. The van der Waals surface area contributed by atoms with Crippen molar-refractivity contribution >= 4 is 11.7 Å². The SMILES string of the molecule is CCCCc1cc(NC(CC(C)C)C(=O)NCCCOCC)nc(-n2ccnc2)n1. The van der Waals surface area contributed by atoms with Crippen LogP contribution >= 0.6 is 0 Å². The number of unbranched alkanes of at least 4 members (excludes halogenated alkanes) is 1. The fourth-order valence-electron chi connectivity index (χ4n) is 3.07. The first-order valence-corrected chi connectivity index (χ1v) is 11.0. The molecule has 2 N–H and O–H groups in total. The van der Waals surface area contributed by atoms with Gasteiger partial charge < -0.3 is 15.4 Å². The summed E-state index contributed by atoms with van der Waals surface area (Å²) >= 11 is 0. The Labute approximate surface area is 179 Å². The Morgan fingerprint density at radius 3 is 2.73 bits per heavy atom. The van der Waals surface area contributed by atoms with Gasteiger partial charge in [-0.3, -0.25) is 9.36 Å². The molecule has 8 nitrogen and oxygen atoms in total. The lowest BCUT2D eigenvalue weighted by Gasteiger charge is -2.21. The Balaban J connectivity index is 2.14. The van der Waals surface area contributed by atoms with Crippen LogP contribution in [0.3, 0.4) is 0 Å². The van der Waals surface area contributed by atoms with E-state index in [2.05, 4.69) is 46.4 Å². The van der Waals surface area contributed by atoms with E-state index in [-0.39, 0.29) is 11.9 Å². The van der Waals surface area contributed by atoms with Gasteiger partial charge in [0.15, 0.2) is 0 Å². The van der Waals surface area contributed by atoms with Gasteiger partial charge in [-0.05, 0) is 38.5 Å². The predicted molar refractivity (Wildman–Crippen MR) is 119 cm³/mol. The molecule has 2 rings (SSSR count). The first-order chi connectivity index (χ1) is 14.5. The van der Waals surface area contributed by atoms with Gasteiger partial charge in [0.05, 0.1) is 0 Å². The number of rotatable bonds is 14. The number of hydrogen-bond donors (Lipinski definition) is 2. The molecule has 0 bridgehead atoms. The largest absolute Gasteiger partial charge is 0.382 e. The topological polar surface area (TPSA) is 94.0 Å². The monoisotopic (exact) mass is 416 g/mol. The van der Waals surface area contributed by atoms with E-state index in [1.165, 1.54) is 0 Å². The van der Waals surface area contributed by atoms with Crippen molar-refractivity contribution < 1.29 is 9.53 Å².